The molecule has 0 spiro atoms. The molecule has 0 aliphatic rings. The van der Waals surface area contributed by atoms with Crippen LogP contribution in [0.2, 0.25) is 0 Å². The Morgan fingerprint density at radius 2 is 1.94 bits per heavy atom. The van der Waals surface area contributed by atoms with Crippen LogP contribution in [-0.2, 0) is 9.59 Å². The molecule has 1 atom stereocenters. The lowest BCUT2D eigenvalue weighted by Crippen LogP contribution is -2.28. The molecule has 17 heavy (non-hydrogen) atoms. The zero-order chi connectivity index (χ0) is 12.7. The van der Waals surface area contributed by atoms with Gasteiger partial charge in [-0.2, -0.15) is 0 Å². The number of carboxylic acids is 1. The van der Waals surface area contributed by atoms with Crippen molar-refractivity contribution < 1.29 is 14.7 Å². The average molecular weight is 235 g/mol. The number of aliphatic carboxylic acids is 1. The van der Waals surface area contributed by atoms with Crippen molar-refractivity contribution in [1.82, 2.24) is 5.32 Å². The second kappa shape index (κ2) is 6.68. The minimum atomic E-state index is -0.850. The zero-order valence-electron chi connectivity index (χ0n) is 9.85. The van der Waals surface area contributed by atoms with E-state index in [1.165, 1.54) is 0 Å². The first-order chi connectivity index (χ1) is 8.13. The second-order valence-corrected chi connectivity index (χ2v) is 3.82. The quantitative estimate of drug-likeness (QED) is 0.793. The standard InChI is InChI=1S/C13H17NO3/c1-2-12(15)14-11(8-9-13(16)17)10-6-4-3-5-7-10/h3-7,11H,2,8-9H2,1H3,(H,14,15)(H,16,17). The summed E-state index contributed by atoms with van der Waals surface area (Å²) < 4.78 is 0. The molecule has 0 aromatic heterocycles. The van der Waals surface area contributed by atoms with Gasteiger partial charge in [-0.3, -0.25) is 9.59 Å². The number of rotatable bonds is 6. The maximum atomic E-state index is 11.4. The molecule has 1 amide bonds. The van der Waals surface area contributed by atoms with Crippen molar-refractivity contribution in [1.29, 1.82) is 0 Å². The van der Waals surface area contributed by atoms with Gasteiger partial charge in [-0.15, -0.1) is 0 Å². The highest BCUT2D eigenvalue weighted by atomic mass is 16.4. The van der Waals surface area contributed by atoms with E-state index in [0.29, 0.717) is 12.8 Å². The fourth-order valence-electron chi connectivity index (χ4n) is 1.57. The fourth-order valence-corrected chi connectivity index (χ4v) is 1.57. The van der Waals surface area contributed by atoms with E-state index < -0.39 is 5.97 Å². The molecular formula is C13H17NO3. The van der Waals surface area contributed by atoms with E-state index in [-0.39, 0.29) is 18.4 Å². The van der Waals surface area contributed by atoms with Gasteiger partial charge >= 0.3 is 5.97 Å². The molecule has 92 valence electrons. The van der Waals surface area contributed by atoms with Crippen LogP contribution in [0, 0.1) is 0 Å². The van der Waals surface area contributed by atoms with E-state index in [1.807, 2.05) is 30.3 Å². The summed E-state index contributed by atoms with van der Waals surface area (Å²) in [5, 5.41) is 11.5. The molecule has 1 aromatic carbocycles. The van der Waals surface area contributed by atoms with Gasteiger partial charge in [0.25, 0.3) is 0 Å². The average Bonchev–Trinajstić information content (AvgIpc) is 2.35. The predicted molar refractivity (Wildman–Crippen MR) is 64.5 cm³/mol. The number of hydrogen-bond donors (Lipinski definition) is 2. The number of carboxylic acid groups (broad SMARTS) is 1. The molecule has 0 heterocycles. The largest absolute Gasteiger partial charge is 0.481 e. The first kappa shape index (κ1) is 13.2. The Bertz CT molecular complexity index is 376. The Morgan fingerprint density at radius 1 is 1.29 bits per heavy atom. The van der Waals surface area contributed by atoms with Gasteiger partial charge in [0, 0.05) is 12.8 Å². The molecule has 4 nitrogen and oxygen atoms in total. The van der Waals surface area contributed by atoms with Gasteiger partial charge in [-0.25, -0.2) is 0 Å². The van der Waals surface area contributed by atoms with Crippen LogP contribution >= 0.6 is 0 Å². The summed E-state index contributed by atoms with van der Waals surface area (Å²) in [5.41, 5.74) is 0.940. The highest BCUT2D eigenvalue weighted by Gasteiger charge is 2.14. The molecular weight excluding hydrogens is 218 g/mol. The maximum Gasteiger partial charge on any atom is 0.303 e. The number of amides is 1. The van der Waals surface area contributed by atoms with E-state index in [4.69, 9.17) is 5.11 Å². The van der Waals surface area contributed by atoms with E-state index in [1.54, 1.807) is 6.92 Å². The van der Waals surface area contributed by atoms with E-state index in [0.717, 1.165) is 5.56 Å². The van der Waals surface area contributed by atoms with Gasteiger partial charge in [0.1, 0.15) is 0 Å². The zero-order valence-corrected chi connectivity index (χ0v) is 9.85. The van der Waals surface area contributed by atoms with Crippen molar-refractivity contribution in [3.05, 3.63) is 35.9 Å². The summed E-state index contributed by atoms with van der Waals surface area (Å²) in [6.45, 7) is 1.77. The Hall–Kier alpha value is -1.84. The van der Waals surface area contributed by atoms with E-state index in [9.17, 15) is 9.59 Å². The van der Waals surface area contributed by atoms with Crippen LogP contribution in [0.25, 0.3) is 0 Å². The van der Waals surface area contributed by atoms with Gasteiger partial charge in [0.05, 0.1) is 6.04 Å². The molecule has 1 unspecified atom stereocenters. The van der Waals surface area contributed by atoms with Crippen LogP contribution in [0.4, 0.5) is 0 Å². The Morgan fingerprint density at radius 3 is 2.47 bits per heavy atom. The summed E-state index contributed by atoms with van der Waals surface area (Å²) in [6, 6.07) is 9.20. The lowest BCUT2D eigenvalue weighted by atomic mass is 10.0. The fraction of sp³-hybridized carbons (Fsp3) is 0.385. The minimum absolute atomic E-state index is 0.0452. The van der Waals surface area contributed by atoms with Crippen LogP contribution < -0.4 is 5.32 Å². The Labute approximate surface area is 101 Å². The highest BCUT2D eigenvalue weighted by molar-refractivity contribution is 5.76. The number of nitrogens with one attached hydrogen (secondary N) is 1. The summed E-state index contributed by atoms with van der Waals surface area (Å²) in [7, 11) is 0. The molecule has 1 rings (SSSR count). The van der Waals surface area contributed by atoms with Crippen molar-refractivity contribution >= 4 is 11.9 Å². The first-order valence-electron chi connectivity index (χ1n) is 5.69. The third kappa shape index (κ3) is 4.68. The minimum Gasteiger partial charge on any atom is -0.481 e. The molecule has 4 heteroatoms. The number of hydrogen-bond acceptors (Lipinski definition) is 2. The molecule has 0 saturated carbocycles. The van der Waals surface area contributed by atoms with Gasteiger partial charge in [-0.05, 0) is 12.0 Å². The van der Waals surface area contributed by atoms with Crippen molar-refractivity contribution in [3.8, 4) is 0 Å². The van der Waals surface area contributed by atoms with Crippen LogP contribution in [-0.4, -0.2) is 17.0 Å². The number of benzene rings is 1. The Kier molecular flexibility index (Phi) is 5.20. The maximum absolute atomic E-state index is 11.4. The molecule has 2 N–H and O–H groups in total. The third-order valence-electron chi connectivity index (χ3n) is 2.51. The van der Waals surface area contributed by atoms with Crippen molar-refractivity contribution in [3.63, 3.8) is 0 Å². The number of carbonyl (C=O) groups is 2. The molecule has 0 aliphatic carbocycles. The lowest BCUT2D eigenvalue weighted by Gasteiger charge is -2.18. The molecule has 0 fully saturated rings. The summed E-state index contributed by atoms with van der Waals surface area (Å²) in [6.07, 6.45) is 0.852. The molecule has 0 bridgehead atoms. The normalized spacial score (nSPS) is 11.8. The molecule has 1 aromatic rings. The van der Waals surface area contributed by atoms with Gasteiger partial charge in [0.15, 0.2) is 0 Å². The van der Waals surface area contributed by atoms with Gasteiger partial charge in [-0.1, -0.05) is 37.3 Å². The van der Waals surface area contributed by atoms with Gasteiger partial charge < -0.3 is 10.4 Å². The van der Waals surface area contributed by atoms with Gasteiger partial charge in [0.2, 0.25) is 5.91 Å². The van der Waals surface area contributed by atoms with Crippen LogP contribution in [0.1, 0.15) is 37.8 Å². The van der Waals surface area contributed by atoms with Crippen LogP contribution in [0.5, 0.6) is 0 Å². The van der Waals surface area contributed by atoms with Crippen molar-refractivity contribution in [2.45, 2.75) is 32.2 Å². The first-order valence-corrected chi connectivity index (χ1v) is 5.69. The molecule has 0 saturated heterocycles. The number of carbonyl (C=O) groups excluding carboxylic acids is 1. The summed E-state index contributed by atoms with van der Waals surface area (Å²) in [4.78, 5) is 22.0. The van der Waals surface area contributed by atoms with Crippen LogP contribution in [0.15, 0.2) is 30.3 Å². The van der Waals surface area contributed by atoms with Crippen LogP contribution in [0.3, 0.4) is 0 Å². The SMILES string of the molecule is CCC(=O)NC(CCC(=O)O)c1ccccc1. The van der Waals surface area contributed by atoms with E-state index >= 15 is 0 Å². The Balaban J connectivity index is 2.71. The van der Waals surface area contributed by atoms with E-state index in [2.05, 4.69) is 5.32 Å². The van der Waals surface area contributed by atoms with Crippen molar-refractivity contribution in [2.24, 2.45) is 0 Å². The summed E-state index contributed by atoms with van der Waals surface area (Å²) >= 11 is 0. The molecule has 0 aliphatic heterocycles. The second-order valence-electron chi connectivity index (χ2n) is 3.82. The summed E-state index contributed by atoms with van der Waals surface area (Å²) in [5.74, 6) is -0.916. The predicted octanol–water partition coefficient (Wildman–Crippen LogP) is 2.12. The molecule has 0 radical (unpaired) electrons. The smallest absolute Gasteiger partial charge is 0.303 e. The monoisotopic (exact) mass is 235 g/mol. The lowest BCUT2D eigenvalue weighted by molar-refractivity contribution is -0.137. The third-order valence-corrected chi connectivity index (χ3v) is 2.51. The van der Waals surface area contributed by atoms with Crippen molar-refractivity contribution in [2.75, 3.05) is 0 Å². The highest BCUT2D eigenvalue weighted by Crippen LogP contribution is 2.18. The topological polar surface area (TPSA) is 66.4 Å².